The first-order chi connectivity index (χ1) is 9.70. The minimum Gasteiger partial charge on any atom is -0.444 e. The highest BCUT2D eigenvalue weighted by Gasteiger charge is 2.39. The van der Waals surface area contributed by atoms with Crippen LogP contribution < -0.4 is 10.9 Å². The first kappa shape index (κ1) is 16.1. The Morgan fingerprint density at radius 1 is 1.19 bits per heavy atom. The lowest BCUT2D eigenvalue weighted by molar-refractivity contribution is -0.133. The predicted molar refractivity (Wildman–Crippen MR) is 79.4 cm³/mol. The highest BCUT2D eigenvalue weighted by Crippen LogP contribution is 2.31. The maximum Gasteiger partial charge on any atom is 0.410 e. The number of hydrogen-bond donors (Lipinski definition) is 2. The van der Waals surface area contributed by atoms with E-state index in [4.69, 9.17) is 4.74 Å². The zero-order valence-electron chi connectivity index (χ0n) is 13.5. The summed E-state index contributed by atoms with van der Waals surface area (Å²) in [5, 5.41) is 0. The van der Waals surface area contributed by atoms with Gasteiger partial charge in [0, 0.05) is 19.1 Å². The van der Waals surface area contributed by atoms with Crippen LogP contribution in [0, 0.1) is 5.41 Å². The van der Waals surface area contributed by atoms with Gasteiger partial charge in [-0.05, 0) is 46.5 Å². The Morgan fingerprint density at radius 3 is 2.24 bits per heavy atom. The number of nitrogens with zero attached hydrogens (tertiary/aromatic N) is 1. The molecule has 0 bridgehead atoms. The van der Waals surface area contributed by atoms with Crippen molar-refractivity contribution in [2.75, 3.05) is 13.1 Å². The SMILES string of the molecule is CC(C)(C)OC(=O)N1CCC(C)(C(=O)NNC2CC2)CC1. The van der Waals surface area contributed by atoms with E-state index in [-0.39, 0.29) is 12.0 Å². The van der Waals surface area contributed by atoms with Crippen molar-refractivity contribution in [3.63, 3.8) is 0 Å². The van der Waals surface area contributed by atoms with Crippen LogP contribution in [-0.2, 0) is 9.53 Å². The van der Waals surface area contributed by atoms with Gasteiger partial charge in [-0.1, -0.05) is 6.92 Å². The van der Waals surface area contributed by atoms with Crippen molar-refractivity contribution < 1.29 is 14.3 Å². The molecule has 1 heterocycles. The number of nitrogens with one attached hydrogen (secondary N) is 2. The van der Waals surface area contributed by atoms with Crippen LogP contribution >= 0.6 is 0 Å². The largest absolute Gasteiger partial charge is 0.444 e. The average Bonchev–Trinajstić information content (AvgIpc) is 3.18. The molecule has 0 spiro atoms. The van der Waals surface area contributed by atoms with Crippen molar-refractivity contribution in [3.05, 3.63) is 0 Å². The molecule has 2 fully saturated rings. The molecule has 0 aromatic heterocycles. The van der Waals surface area contributed by atoms with Crippen molar-refractivity contribution in [3.8, 4) is 0 Å². The second-order valence-corrected chi connectivity index (χ2v) is 7.40. The minimum absolute atomic E-state index is 0.0261. The van der Waals surface area contributed by atoms with Gasteiger partial charge < -0.3 is 9.64 Å². The molecule has 2 aliphatic rings. The summed E-state index contributed by atoms with van der Waals surface area (Å²) in [5.41, 5.74) is 4.95. The molecule has 0 radical (unpaired) electrons. The van der Waals surface area contributed by atoms with Gasteiger partial charge in [-0.25, -0.2) is 10.2 Å². The van der Waals surface area contributed by atoms with E-state index < -0.39 is 11.0 Å². The molecule has 0 aromatic rings. The van der Waals surface area contributed by atoms with Crippen LogP contribution in [0.2, 0.25) is 0 Å². The van der Waals surface area contributed by atoms with Gasteiger partial charge in [-0.2, -0.15) is 0 Å². The lowest BCUT2D eigenvalue weighted by Crippen LogP contribution is -2.52. The van der Waals surface area contributed by atoms with E-state index in [2.05, 4.69) is 10.9 Å². The van der Waals surface area contributed by atoms with Crippen LogP contribution in [0.15, 0.2) is 0 Å². The third-order valence-electron chi connectivity index (χ3n) is 4.03. The first-order valence-corrected chi connectivity index (χ1v) is 7.73. The molecular weight excluding hydrogens is 270 g/mol. The monoisotopic (exact) mass is 297 g/mol. The van der Waals surface area contributed by atoms with Crippen molar-refractivity contribution >= 4 is 12.0 Å². The number of carbonyl (C=O) groups is 2. The summed E-state index contributed by atoms with van der Waals surface area (Å²) in [5.74, 6) is 0.0261. The summed E-state index contributed by atoms with van der Waals surface area (Å²) < 4.78 is 5.37. The van der Waals surface area contributed by atoms with E-state index in [1.807, 2.05) is 27.7 Å². The molecule has 2 amide bonds. The zero-order chi connectivity index (χ0) is 15.7. The van der Waals surface area contributed by atoms with Gasteiger partial charge in [-0.3, -0.25) is 10.2 Å². The smallest absolute Gasteiger partial charge is 0.410 e. The van der Waals surface area contributed by atoms with Crippen molar-refractivity contribution in [2.24, 2.45) is 5.41 Å². The molecule has 0 unspecified atom stereocenters. The van der Waals surface area contributed by atoms with Crippen LogP contribution in [0.5, 0.6) is 0 Å². The van der Waals surface area contributed by atoms with E-state index in [1.54, 1.807) is 4.90 Å². The van der Waals surface area contributed by atoms with E-state index >= 15 is 0 Å². The Hall–Kier alpha value is -1.30. The minimum atomic E-state index is -0.483. The maximum absolute atomic E-state index is 12.2. The number of carbonyl (C=O) groups excluding carboxylic acids is 2. The highest BCUT2D eigenvalue weighted by molar-refractivity contribution is 5.82. The summed E-state index contributed by atoms with van der Waals surface area (Å²) in [7, 11) is 0. The van der Waals surface area contributed by atoms with Gasteiger partial charge >= 0.3 is 6.09 Å². The predicted octanol–water partition coefficient (Wildman–Crippen LogP) is 1.81. The van der Waals surface area contributed by atoms with Crippen LogP contribution in [0.3, 0.4) is 0 Å². The van der Waals surface area contributed by atoms with Gasteiger partial charge in [-0.15, -0.1) is 0 Å². The quantitative estimate of drug-likeness (QED) is 0.779. The molecule has 0 atom stereocenters. The second kappa shape index (κ2) is 5.83. The van der Waals surface area contributed by atoms with Gasteiger partial charge in [0.2, 0.25) is 5.91 Å². The fourth-order valence-electron chi connectivity index (χ4n) is 2.28. The summed E-state index contributed by atoms with van der Waals surface area (Å²) in [6.45, 7) is 8.65. The standard InChI is InChI=1S/C15H27N3O3/c1-14(2,3)21-13(20)18-9-7-15(4,8-10-18)12(19)17-16-11-5-6-11/h11,16H,5-10H2,1-4H3,(H,17,19). The summed E-state index contributed by atoms with van der Waals surface area (Å²) in [6.07, 6.45) is 3.28. The Kier molecular flexibility index (Phi) is 4.46. The normalized spacial score (nSPS) is 21.8. The molecule has 1 saturated carbocycles. The van der Waals surface area contributed by atoms with Crippen LogP contribution in [-0.4, -0.2) is 41.6 Å². The lowest BCUT2D eigenvalue weighted by atomic mass is 9.80. The van der Waals surface area contributed by atoms with Gasteiger partial charge in [0.1, 0.15) is 5.60 Å². The van der Waals surface area contributed by atoms with Gasteiger partial charge in [0.05, 0.1) is 5.41 Å². The van der Waals surface area contributed by atoms with E-state index in [1.165, 1.54) is 0 Å². The number of piperidine rings is 1. The van der Waals surface area contributed by atoms with Gasteiger partial charge in [0.15, 0.2) is 0 Å². The fourth-order valence-corrected chi connectivity index (χ4v) is 2.28. The lowest BCUT2D eigenvalue weighted by Gasteiger charge is -2.38. The van der Waals surface area contributed by atoms with Crippen molar-refractivity contribution in [1.82, 2.24) is 15.8 Å². The maximum atomic E-state index is 12.2. The number of rotatable bonds is 3. The Bertz CT molecular complexity index is 405. The molecule has 2 rings (SSSR count). The molecule has 1 aliphatic carbocycles. The van der Waals surface area contributed by atoms with E-state index in [0.29, 0.717) is 32.0 Å². The Morgan fingerprint density at radius 2 is 1.76 bits per heavy atom. The third-order valence-corrected chi connectivity index (χ3v) is 4.03. The van der Waals surface area contributed by atoms with Crippen LogP contribution in [0.4, 0.5) is 4.79 Å². The number of hydrazine groups is 1. The molecule has 1 aliphatic heterocycles. The molecule has 6 nitrogen and oxygen atoms in total. The first-order valence-electron chi connectivity index (χ1n) is 7.73. The summed E-state index contributed by atoms with van der Waals surface area (Å²) >= 11 is 0. The molecule has 21 heavy (non-hydrogen) atoms. The molecule has 1 saturated heterocycles. The molecule has 6 heteroatoms. The number of ether oxygens (including phenoxy) is 1. The van der Waals surface area contributed by atoms with Crippen LogP contribution in [0.1, 0.15) is 53.4 Å². The number of amides is 2. The Labute approximate surface area is 126 Å². The molecular formula is C15H27N3O3. The third kappa shape index (κ3) is 4.59. The fraction of sp³-hybridized carbons (Fsp3) is 0.867. The average molecular weight is 297 g/mol. The van der Waals surface area contributed by atoms with Crippen molar-refractivity contribution in [1.29, 1.82) is 0 Å². The van der Waals surface area contributed by atoms with Gasteiger partial charge in [0.25, 0.3) is 0 Å². The molecule has 2 N–H and O–H groups in total. The second-order valence-electron chi connectivity index (χ2n) is 7.40. The zero-order valence-corrected chi connectivity index (χ0v) is 13.5. The summed E-state index contributed by atoms with van der Waals surface area (Å²) in [4.78, 5) is 25.9. The number of hydrogen-bond acceptors (Lipinski definition) is 4. The van der Waals surface area contributed by atoms with E-state index in [0.717, 1.165) is 12.8 Å². The molecule has 0 aromatic carbocycles. The highest BCUT2D eigenvalue weighted by atomic mass is 16.6. The topological polar surface area (TPSA) is 70.7 Å². The van der Waals surface area contributed by atoms with E-state index in [9.17, 15) is 9.59 Å². The summed E-state index contributed by atoms with van der Waals surface area (Å²) in [6, 6.07) is 0.444. The van der Waals surface area contributed by atoms with Crippen molar-refractivity contribution in [2.45, 2.75) is 65.0 Å². The Balaban J connectivity index is 1.80. The van der Waals surface area contributed by atoms with Crippen LogP contribution in [0.25, 0.3) is 0 Å². The number of likely N-dealkylation sites (tertiary alicyclic amines) is 1. The molecule has 120 valence electrons.